The topological polar surface area (TPSA) is 133 Å². The number of rotatable bonds is 12. The van der Waals surface area contributed by atoms with E-state index in [0.29, 0.717) is 48.5 Å². The molecule has 0 radical (unpaired) electrons. The van der Waals surface area contributed by atoms with E-state index in [1.807, 2.05) is 6.92 Å². The molecular formula is C32H36F2N6O5S. The highest BCUT2D eigenvalue weighted by Gasteiger charge is 2.33. The monoisotopic (exact) mass is 654 g/mol. The lowest BCUT2D eigenvalue weighted by atomic mass is 9.89. The number of nitrogens with zero attached hydrogens (tertiary/aromatic N) is 4. The summed E-state index contributed by atoms with van der Waals surface area (Å²) in [4.78, 5) is 21.1. The average Bonchev–Trinajstić information content (AvgIpc) is 3.37. The quantitative estimate of drug-likeness (QED) is 0.181. The number of benzene rings is 1. The molecule has 4 aromatic rings. The number of hydrogen-bond donors (Lipinski definition) is 2. The van der Waals surface area contributed by atoms with Crippen LogP contribution in [0.5, 0.6) is 17.4 Å². The lowest BCUT2D eigenvalue weighted by molar-refractivity contribution is -0.0974. The fourth-order valence-electron chi connectivity index (χ4n) is 4.76. The zero-order valence-corrected chi connectivity index (χ0v) is 27.1. The summed E-state index contributed by atoms with van der Waals surface area (Å²) >= 11 is 0. The molecule has 4 heterocycles. The number of ether oxygens (including phenoxy) is 4. The maximum atomic E-state index is 15.3. The summed E-state index contributed by atoms with van der Waals surface area (Å²) in [5.41, 5.74) is 1.48. The van der Waals surface area contributed by atoms with Gasteiger partial charge in [-0.2, -0.15) is 5.26 Å². The Hall–Kier alpha value is -4.45. The third-order valence-corrected chi connectivity index (χ3v) is 8.70. The van der Waals surface area contributed by atoms with Gasteiger partial charge in [-0.05, 0) is 30.9 Å². The minimum Gasteiger partial charge on any atom is -0.480 e. The van der Waals surface area contributed by atoms with Crippen LogP contribution in [0.15, 0.2) is 42.9 Å². The number of nitriles is 1. The van der Waals surface area contributed by atoms with E-state index in [0.717, 1.165) is 17.9 Å². The Kier molecular flexibility index (Phi) is 9.66. The van der Waals surface area contributed by atoms with Crippen LogP contribution < -0.4 is 20.1 Å². The van der Waals surface area contributed by atoms with E-state index in [4.69, 9.17) is 18.9 Å². The zero-order chi connectivity index (χ0) is 33.1. The van der Waals surface area contributed by atoms with Crippen LogP contribution in [0.25, 0.3) is 22.2 Å². The molecule has 3 aromatic heterocycles. The van der Waals surface area contributed by atoms with Gasteiger partial charge in [0.15, 0.2) is 17.4 Å². The highest BCUT2D eigenvalue weighted by Crippen LogP contribution is 2.40. The first-order valence-corrected chi connectivity index (χ1v) is 17.4. The molecule has 1 fully saturated rings. The van der Waals surface area contributed by atoms with Crippen LogP contribution in [0, 0.1) is 28.4 Å². The van der Waals surface area contributed by atoms with E-state index in [9.17, 15) is 10.1 Å². The maximum absolute atomic E-state index is 15.3. The summed E-state index contributed by atoms with van der Waals surface area (Å²) in [5, 5.41) is 15.2. The third kappa shape index (κ3) is 7.50. The minimum absolute atomic E-state index is 0.0795. The molecule has 14 heteroatoms. The Labute approximate surface area is 267 Å². The Morgan fingerprint density at radius 3 is 2.57 bits per heavy atom. The van der Waals surface area contributed by atoms with Crippen LogP contribution in [0.3, 0.4) is 0 Å². The van der Waals surface area contributed by atoms with Gasteiger partial charge in [-0.25, -0.2) is 33.6 Å². The summed E-state index contributed by atoms with van der Waals surface area (Å²) in [6.07, 6.45) is 11.4. The summed E-state index contributed by atoms with van der Waals surface area (Å²) in [5.74, 6) is -1.52. The first kappa shape index (κ1) is 32.9. The molecule has 2 N–H and O–H groups in total. The van der Waals surface area contributed by atoms with Gasteiger partial charge in [0.1, 0.15) is 29.8 Å². The molecule has 244 valence electrons. The van der Waals surface area contributed by atoms with Crippen LogP contribution in [0.1, 0.15) is 12.5 Å². The SMILES string of the molecule is COc1ncc(-c2cn(COCCS(C)(C)C)c3nccc(Oc4c(F)cc(NC(=O)NCC5(C)COC5)cc4F)c23)cc1C#N. The van der Waals surface area contributed by atoms with Crippen LogP contribution >= 0.6 is 10.0 Å². The number of amides is 2. The lowest BCUT2D eigenvalue weighted by Crippen LogP contribution is -2.49. The number of pyridine rings is 2. The number of methoxy groups -OCH3 is 1. The lowest BCUT2D eigenvalue weighted by Gasteiger charge is -2.37. The van der Waals surface area contributed by atoms with Gasteiger partial charge in [0.25, 0.3) is 0 Å². The van der Waals surface area contributed by atoms with E-state index in [1.165, 1.54) is 25.6 Å². The zero-order valence-electron chi connectivity index (χ0n) is 26.3. The van der Waals surface area contributed by atoms with Gasteiger partial charge in [-0.1, -0.05) is 6.92 Å². The average molecular weight is 655 g/mol. The molecule has 11 nitrogen and oxygen atoms in total. The van der Waals surface area contributed by atoms with Crippen LogP contribution in [-0.4, -0.2) is 78.6 Å². The summed E-state index contributed by atoms with van der Waals surface area (Å²) in [7, 11) is 0.656. The van der Waals surface area contributed by atoms with Gasteiger partial charge in [0.2, 0.25) is 5.88 Å². The van der Waals surface area contributed by atoms with Crippen molar-refractivity contribution in [3.05, 3.63) is 60.1 Å². The smallest absolute Gasteiger partial charge is 0.319 e. The molecule has 0 aliphatic carbocycles. The van der Waals surface area contributed by atoms with E-state index in [1.54, 1.807) is 16.8 Å². The largest absolute Gasteiger partial charge is 0.480 e. The van der Waals surface area contributed by atoms with Crippen molar-refractivity contribution in [2.45, 2.75) is 13.7 Å². The maximum Gasteiger partial charge on any atom is 0.319 e. The molecule has 1 saturated heterocycles. The number of fused-ring (bicyclic) bond motifs is 1. The van der Waals surface area contributed by atoms with Crippen molar-refractivity contribution in [1.82, 2.24) is 19.9 Å². The van der Waals surface area contributed by atoms with Crippen LogP contribution in [-0.2, 0) is 16.2 Å². The van der Waals surface area contributed by atoms with Gasteiger partial charge in [-0.3, -0.25) is 0 Å². The summed E-state index contributed by atoms with van der Waals surface area (Å²) < 4.78 is 54.7. The van der Waals surface area contributed by atoms with Crippen molar-refractivity contribution in [3.63, 3.8) is 0 Å². The number of halogens is 2. The van der Waals surface area contributed by atoms with Crippen molar-refractivity contribution in [2.24, 2.45) is 5.41 Å². The van der Waals surface area contributed by atoms with Gasteiger partial charge in [0.05, 0.1) is 32.3 Å². The summed E-state index contributed by atoms with van der Waals surface area (Å²) in [6, 6.07) is 6.54. The van der Waals surface area contributed by atoms with Crippen molar-refractivity contribution >= 4 is 32.8 Å². The first-order chi connectivity index (χ1) is 21.9. The molecule has 1 aromatic carbocycles. The molecule has 0 spiro atoms. The number of carbonyl (C=O) groups excluding carboxylic acids is 1. The third-order valence-electron chi connectivity index (χ3n) is 7.31. The number of anilines is 1. The number of nitrogens with one attached hydrogen (secondary N) is 2. The molecule has 5 rings (SSSR count). The molecule has 2 amide bonds. The molecular weight excluding hydrogens is 618 g/mol. The Morgan fingerprint density at radius 1 is 1.20 bits per heavy atom. The highest BCUT2D eigenvalue weighted by molar-refractivity contribution is 8.32. The number of urea groups is 1. The second kappa shape index (κ2) is 13.5. The molecule has 0 unspecified atom stereocenters. The van der Waals surface area contributed by atoms with Gasteiger partial charge in [-0.15, -0.1) is 0 Å². The fourth-order valence-corrected chi connectivity index (χ4v) is 5.38. The molecule has 1 aliphatic rings. The molecule has 46 heavy (non-hydrogen) atoms. The van der Waals surface area contributed by atoms with Gasteiger partial charge < -0.3 is 34.1 Å². The van der Waals surface area contributed by atoms with E-state index in [-0.39, 0.29) is 35.0 Å². The van der Waals surface area contributed by atoms with Crippen molar-refractivity contribution < 1.29 is 32.5 Å². The predicted molar refractivity (Wildman–Crippen MR) is 173 cm³/mol. The predicted octanol–water partition coefficient (Wildman–Crippen LogP) is 5.88. The van der Waals surface area contributed by atoms with E-state index in [2.05, 4.69) is 45.4 Å². The summed E-state index contributed by atoms with van der Waals surface area (Å²) in [6.45, 7) is 4.06. The standard InChI is InChI=1S/C32H36F2N6O5S/c1-32(17-44-18-32)16-38-31(41)39-22-11-24(33)28(25(34)12-22)45-26-6-7-36-29-27(26)23(15-40(29)19-43-8-9-46(3,4)5)21-10-20(13-35)30(42-2)37-14-21/h6-7,10-12,14-15H,8-9,16-19H2,1-5H3,(H2,38,39,41). The number of hydrogen-bond acceptors (Lipinski definition) is 8. The van der Waals surface area contributed by atoms with E-state index < -0.39 is 33.4 Å². The second-order valence-electron chi connectivity index (χ2n) is 12.2. The second-order valence-corrected chi connectivity index (χ2v) is 16.8. The fraction of sp³-hybridized carbons (Fsp3) is 0.375. The van der Waals surface area contributed by atoms with Crippen LogP contribution in [0.4, 0.5) is 19.3 Å². The Balaban J connectivity index is 1.46. The first-order valence-electron chi connectivity index (χ1n) is 14.4. The van der Waals surface area contributed by atoms with Gasteiger partial charge in [0, 0.05) is 65.3 Å². The van der Waals surface area contributed by atoms with Crippen molar-refractivity contribution in [3.8, 4) is 34.6 Å². The Bertz CT molecular complexity index is 1780. The Morgan fingerprint density at radius 2 is 1.93 bits per heavy atom. The molecule has 0 saturated carbocycles. The minimum atomic E-state index is -1.02. The highest BCUT2D eigenvalue weighted by atomic mass is 32.3. The molecule has 0 bridgehead atoms. The van der Waals surface area contributed by atoms with Crippen molar-refractivity contribution in [1.29, 1.82) is 5.26 Å². The van der Waals surface area contributed by atoms with E-state index >= 15 is 8.78 Å². The number of carbonyl (C=O) groups is 1. The molecule has 0 atom stereocenters. The molecule has 1 aliphatic heterocycles. The van der Waals surface area contributed by atoms with Crippen LogP contribution in [0.2, 0.25) is 0 Å². The van der Waals surface area contributed by atoms with Gasteiger partial charge >= 0.3 is 6.03 Å². The normalized spacial score (nSPS) is 14.3. The number of aromatic nitrogens is 3. The van der Waals surface area contributed by atoms with Crippen molar-refractivity contribution in [2.75, 3.05) is 63.3 Å².